The van der Waals surface area contributed by atoms with Crippen LogP contribution in [-0.4, -0.2) is 136 Å². The van der Waals surface area contributed by atoms with Gasteiger partial charge < -0.3 is 49.7 Å². The highest BCUT2D eigenvalue weighted by Gasteiger charge is 2.05. The monoisotopic (exact) mass is 522 g/mol. The van der Waals surface area contributed by atoms with Gasteiger partial charge in [-0.05, 0) is 14.0 Å². The molecule has 0 saturated carbocycles. The predicted molar refractivity (Wildman–Crippen MR) is 129 cm³/mol. The van der Waals surface area contributed by atoms with Crippen molar-refractivity contribution >= 4 is 23.5 Å². The lowest BCUT2D eigenvalue weighted by molar-refractivity contribution is -0.132. The number of Topliss-reactive ketones (excluding diaryl/α,β-unsaturated/α-hetero) is 1. The van der Waals surface area contributed by atoms with Crippen molar-refractivity contribution in [3.63, 3.8) is 0 Å². The van der Waals surface area contributed by atoms with E-state index in [2.05, 4.69) is 21.3 Å². The highest BCUT2D eigenvalue weighted by Crippen LogP contribution is 1.82. The van der Waals surface area contributed by atoms with Gasteiger partial charge >= 0.3 is 0 Å². The van der Waals surface area contributed by atoms with Gasteiger partial charge in [-0.1, -0.05) is 0 Å². The molecule has 0 aliphatic rings. The maximum atomic E-state index is 11.7. The first-order valence-electron chi connectivity index (χ1n) is 11.9. The minimum absolute atomic E-state index is 0.0860. The van der Waals surface area contributed by atoms with Crippen molar-refractivity contribution in [3.05, 3.63) is 0 Å². The Morgan fingerprint density at radius 2 is 0.806 bits per heavy atom. The molecule has 0 aromatic rings. The first-order valence-corrected chi connectivity index (χ1v) is 11.9. The molecule has 210 valence electrons. The topological polar surface area (TPSA) is 172 Å². The van der Waals surface area contributed by atoms with E-state index in [1.165, 1.54) is 6.92 Å². The Bertz CT molecular complexity index is 595. The zero-order chi connectivity index (χ0) is 26.7. The largest absolute Gasteiger partial charge is 0.378 e. The lowest BCUT2D eigenvalue weighted by Gasteiger charge is -2.09. The van der Waals surface area contributed by atoms with Crippen molar-refractivity contribution in [1.82, 2.24) is 21.3 Å². The van der Waals surface area contributed by atoms with E-state index in [1.54, 1.807) is 0 Å². The maximum absolute atomic E-state index is 11.7. The molecule has 0 radical (unpaired) electrons. The highest BCUT2D eigenvalue weighted by atomic mass is 16.5. The van der Waals surface area contributed by atoms with Crippen molar-refractivity contribution in [2.45, 2.75) is 6.92 Å². The quantitative estimate of drug-likeness (QED) is 0.0868. The van der Waals surface area contributed by atoms with Crippen LogP contribution in [0.15, 0.2) is 0 Å². The molecule has 14 heteroatoms. The number of rotatable bonds is 26. The average molecular weight is 523 g/mol. The highest BCUT2D eigenvalue weighted by molar-refractivity contribution is 5.80. The lowest BCUT2D eigenvalue weighted by atomic mass is 10.5. The van der Waals surface area contributed by atoms with Crippen LogP contribution in [0.1, 0.15) is 6.92 Å². The van der Waals surface area contributed by atoms with Crippen LogP contribution < -0.4 is 21.3 Å². The summed E-state index contributed by atoms with van der Waals surface area (Å²) in [5.41, 5.74) is 0. The molecule has 36 heavy (non-hydrogen) atoms. The van der Waals surface area contributed by atoms with Gasteiger partial charge in [-0.15, -0.1) is 0 Å². The summed E-state index contributed by atoms with van der Waals surface area (Å²) in [6.07, 6.45) is 0. The average Bonchev–Trinajstić information content (AvgIpc) is 2.84. The van der Waals surface area contributed by atoms with Crippen LogP contribution in [0.4, 0.5) is 0 Å². The molecule has 0 bridgehead atoms. The molecule has 0 aromatic carbocycles. The van der Waals surface area contributed by atoms with Crippen LogP contribution in [-0.2, 0) is 47.6 Å². The van der Waals surface area contributed by atoms with E-state index in [0.29, 0.717) is 72.5 Å². The van der Waals surface area contributed by atoms with Gasteiger partial charge in [-0.25, -0.2) is 0 Å². The summed E-state index contributed by atoms with van der Waals surface area (Å²) < 4.78 is 31.2. The molecule has 14 nitrogen and oxygen atoms in total. The molecule has 0 aliphatic heterocycles. The van der Waals surface area contributed by atoms with Crippen molar-refractivity contribution in [2.75, 3.05) is 113 Å². The van der Waals surface area contributed by atoms with E-state index < -0.39 is 0 Å². The maximum Gasteiger partial charge on any atom is 0.246 e. The molecule has 0 heterocycles. The standard InChI is InChI=1S/C22H42N4O10/c1-19(27)15-35-16-20(28)24-4-8-33-13-14-34-10-6-26-22(30)18-36-17-21(29)25-5-9-32-12-11-31-7-3-23-2/h23H,3-18H2,1-2H3,(H,24,28)(H,25,29)(H,26,30). The fourth-order valence-electron chi connectivity index (χ4n) is 2.28. The number of carbonyl (C=O) groups is 4. The summed E-state index contributed by atoms with van der Waals surface area (Å²) in [6, 6.07) is 0. The summed E-state index contributed by atoms with van der Waals surface area (Å²) in [4.78, 5) is 45.4. The summed E-state index contributed by atoms with van der Waals surface area (Å²) in [7, 11) is 1.85. The van der Waals surface area contributed by atoms with E-state index in [9.17, 15) is 19.2 Å². The van der Waals surface area contributed by atoms with E-state index in [1.807, 2.05) is 7.05 Å². The summed E-state index contributed by atoms with van der Waals surface area (Å²) in [6.45, 7) is 5.60. The van der Waals surface area contributed by atoms with Gasteiger partial charge in [-0.3, -0.25) is 19.2 Å². The number of amides is 3. The second kappa shape index (κ2) is 25.9. The van der Waals surface area contributed by atoms with Gasteiger partial charge in [0, 0.05) is 26.2 Å². The molecule has 0 saturated heterocycles. The van der Waals surface area contributed by atoms with Crippen LogP contribution in [0.5, 0.6) is 0 Å². The number of nitrogens with one attached hydrogen (secondary N) is 4. The molecule has 0 rings (SSSR count). The van der Waals surface area contributed by atoms with Crippen molar-refractivity contribution in [1.29, 1.82) is 0 Å². The first kappa shape index (κ1) is 33.8. The summed E-state index contributed by atoms with van der Waals surface area (Å²) >= 11 is 0. The normalized spacial score (nSPS) is 10.7. The van der Waals surface area contributed by atoms with Crippen LogP contribution in [0.25, 0.3) is 0 Å². The second-order valence-electron chi connectivity index (χ2n) is 7.29. The van der Waals surface area contributed by atoms with Gasteiger partial charge in [-0.2, -0.15) is 0 Å². The van der Waals surface area contributed by atoms with E-state index in [0.717, 1.165) is 6.54 Å². The van der Waals surface area contributed by atoms with Crippen LogP contribution in [0, 0.1) is 0 Å². The smallest absolute Gasteiger partial charge is 0.246 e. The van der Waals surface area contributed by atoms with E-state index in [-0.39, 0.29) is 49.9 Å². The fraction of sp³-hybridized carbons (Fsp3) is 0.818. The lowest BCUT2D eigenvalue weighted by Crippen LogP contribution is -2.34. The van der Waals surface area contributed by atoms with Gasteiger partial charge in [0.1, 0.15) is 26.4 Å². The number of likely N-dealkylation sites (N-methyl/N-ethyl adjacent to an activating group) is 1. The predicted octanol–water partition coefficient (Wildman–Crippen LogP) is -2.76. The molecule has 4 N–H and O–H groups in total. The second-order valence-corrected chi connectivity index (χ2v) is 7.29. The zero-order valence-corrected chi connectivity index (χ0v) is 21.4. The zero-order valence-electron chi connectivity index (χ0n) is 21.4. The molecule has 0 unspecified atom stereocenters. The third-order valence-corrected chi connectivity index (χ3v) is 3.95. The Morgan fingerprint density at radius 3 is 1.14 bits per heavy atom. The van der Waals surface area contributed by atoms with Crippen molar-refractivity contribution < 1.29 is 47.6 Å². The van der Waals surface area contributed by atoms with Gasteiger partial charge in [0.15, 0.2) is 5.78 Å². The number of hydrogen-bond acceptors (Lipinski definition) is 11. The number of ether oxygens (including phenoxy) is 6. The van der Waals surface area contributed by atoms with E-state index >= 15 is 0 Å². The van der Waals surface area contributed by atoms with Crippen molar-refractivity contribution in [3.8, 4) is 0 Å². The molecule has 0 aromatic heterocycles. The molecule has 0 aliphatic carbocycles. The summed E-state index contributed by atoms with van der Waals surface area (Å²) in [5, 5.41) is 10.8. The molecule has 3 amide bonds. The minimum atomic E-state index is -0.354. The summed E-state index contributed by atoms with van der Waals surface area (Å²) in [5.74, 6) is -1.15. The number of carbonyl (C=O) groups excluding carboxylic acids is 4. The van der Waals surface area contributed by atoms with Crippen molar-refractivity contribution in [2.24, 2.45) is 0 Å². The fourth-order valence-corrected chi connectivity index (χ4v) is 2.28. The Balaban J connectivity index is 3.36. The first-order chi connectivity index (χ1) is 17.5. The Morgan fingerprint density at radius 1 is 0.472 bits per heavy atom. The van der Waals surface area contributed by atoms with E-state index in [4.69, 9.17) is 28.4 Å². The van der Waals surface area contributed by atoms with Gasteiger partial charge in [0.2, 0.25) is 17.7 Å². The number of hydrogen-bond donors (Lipinski definition) is 4. The van der Waals surface area contributed by atoms with Gasteiger partial charge in [0.05, 0.1) is 52.9 Å². The Labute approximate surface area is 212 Å². The molecule has 0 spiro atoms. The van der Waals surface area contributed by atoms with Crippen LogP contribution in [0.2, 0.25) is 0 Å². The number of ketones is 1. The SMILES string of the molecule is CNCCOCCOCCNC(=O)COCC(=O)NCCOCCOCCNC(=O)COCC(C)=O. The molecule has 0 fully saturated rings. The Kier molecular flexibility index (Phi) is 24.3. The van der Waals surface area contributed by atoms with Gasteiger partial charge in [0.25, 0.3) is 0 Å². The Hall–Kier alpha value is -2.20. The molecule has 0 atom stereocenters. The minimum Gasteiger partial charge on any atom is -0.378 e. The third kappa shape index (κ3) is 26.4. The molecular weight excluding hydrogens is 480 g/mol. The molecular formula is C22H42N4O10. The van der Waals surface area contributed by atoms with Crippen LogP contribution in [0.3, 0.4) is 0 Å². The third-order valence-electron chi connectivity index (χ3n) is 3.95. The van der Waals surface area contributed by atoms with Crippen LogP contribution >= 0.6 is 0 Å².